The van der Waals surface area contributed by atoms with Gasteiger partial charge in [0, 0.05) is 20.2 Å². The Bertz CT molecular complexity index is 468. The van der Waals surface area contributed by atoms with Crippen LogP contribution in [0.4, 0.5) is 13.2 Å². The van der Waals surface area contributed by atoms with Crippen molar-refractivity contribution in [3.05, 3.63) is 16.1 Å². The van der Waals surface area contributed by atoms with E-state index in [2.05, 4.69) is 20.9 Å². The van der Waals surface area contributed by atoms with Gasteiger partial charge in [-0.2, -0.15) is 13.2 Å². The molecule has 0 unspecified atom stereocenters. The highest BCUT2D eigenvalue weighted by molar-refractivity contribution is 9.10. The molecule has 1 aliphatic rings. The molecule has 9 heteroatoms. The third kappa shape index (κ3) is 2.37. The number of carbonyl (C=O) groups excluding carboxylic acids is 1. The second-order valence-corrected chi connectivity index (χ2v) is 4.57. The lowest BCUT2D eigenvalue weighted by Crippen LogP contribution is -2.54. The van der Waals surface area contributed by atoms with Crippen molar-refractivity contribution in [3.8, 4) is 0 Å². The first-order chi connectivity index (χ1) is 8.32. The van der Waals surface area contributed by atoms with Crippen molar-refractivity contribution in [2.75, 3.05) is 20.2 Å². The van der Waals surface area contributed by atoms with E-state index >= 15 is 0 Å². The molecule has 2 heterocycles. The molecule has 0 aromatic carbocycles. The zero-order valence-corrected chi connectivity index (χ0v) is 10.8. The van der Waals surface area contributed by atoms with Gasteiger partial charge in [0.15, 0.2) is 16.1 Å². The van der Waals surface area contributed by atoms with Crippen molar-refractivity contribution in [1.82, 2.24) is 14.9 Å². The normalized spacial score (nSPS) is 16.8. The molecule has 1 aromatic rings. The van der Waals surface area contributed by atoms with Crippen LogP contribution in [0.1, 0.15) is 16.2 Å². The number of halogens is 4. The molecule has 0 bridgehead atoms. The van der Waals surface area contributed by atoms with Crippen molar-refractivity contribution in [1.29, 1.82) is 0 Å². The third-order valence-electron chi connectivity index (χ3n) is 2.63. The number of ether oxygens (including phenoxy) is 1. The number of aromatic amines is 1. The molecule has 0 radical (unpaired) electrons. The summed E-state index contributed by atoms with van der Waals surface area (Å²) < 4.78 is 42.8. The molecular formula is C9H9BrF3N3O2. The van der Waals surface area contributed by atoms with E-state index in [4.69, 9.17) is 4.74 Å². The van der Waals surface area contributed by atoms with E-state index < -0.39 is 23.5 Å². The molecule has 1 N–H and O–H groups in total. The number of hydrogen-bond acceptors (Lipinski definition) is 3. The first kappa shape index (κ1) is 13.3. The standard InChI is InChI=1S/C9H9BrF3N3O2/c1-18-4-2-16(3-4)7(17)5-6(9(11,12)13)15-8(10)14-5/h4H,2-3H2,1H3,(H,14,15). The zero-order chi connectivity index (χ0) is 13.5. The highest BCUT2D eigenvalue weighted by Crippen LogP contribution is 2.32. The minimum atomic E-state index is -4.64. The quantitative estimate of drug-likeness (QED) is 0.898. The number of methoxy groups -OCH3 is 1. The summed E-state index contributed by atoms with van der Waals surface area (Å²) in [6.45, 7) is 0.550. The maximum Gasteiger partial charge on any atom is 0.433 e. The molecule has 0 aliphatic carbocycles. The molecule has 2 rings (SSSR count). The van der Waals surface area contributed by atoms with Crippen LogP contribution in [0.15, 0.2) is 4.73 Å². The Kier molecular flexibility index (Phi) is 3.37. The zero-order valence-electron chi connectivity index (χ0n) is 9.21. The number of alkyl halides is 3. The van der Waals surface area contributed by atoms with Gasteiger partial charge in [-0.25, -0.2) is 4.98 Å². The average Bonchev–Trinajstić information content (AvgIpc) is 2.58. The fourth-order valence-corrected chi connectivity index (χ4v) is 1.98. The number of aromatic nitrogens is 2. The highest BCUT2D eigenvalue weighted by atomic mass is 79.9. The number of likely N-dealkylation sites (tertiary alicyclic amines) is 1. The smallest absolute Gasteiger partial charge is 0.378 e. The van der Waals surface area contributed by atoms with E-state index in [0.29, 0.717) is 0 Å². The van der Waals surface area contributed by atoms with Crippen LogP contribution in [-0.2, 0) is 10.9 Å². The minimum absolute atomic E-state index is 0.120. The van der Waals surface area contributed by atoms with E-state index in [0.717, 1.165) is 0 Å². The monoisotopic (exact) mass is 327 g/mol. The number of imidazole rings is 1. The Hall–Kier alpha value is -1.09. The summed E-state index contributed by atoms with van der Waals surface area (Å²) in [5.41, 5.74) is -1.76. The Morgan fingerprint density at radius 2 is 2.17 bits per heavy atom. The summed E-state index contributed by atoms with van der Waals surface area (Å²) in [4.78, 5) is 18.6. The van der Waals surface area contributed by atoms with E-state index in [1.807, 2.05) is 4.98 Å². The molecule has 0 spiro atoms. The topological polar surface area (TPSA) is 58.2 Å². The number of amides is 1. The van der Waals surface area contributed by atoms with Crippen molar-refractivity contribution in [2.24, 2.45) is 0 Å². The lowest BCUT2D eigenvalue weighted by atomic mass is 10.1. The minimum Gasteiger partial charge on any atom is -0.378 e. The Labute approximate surface area is 108 Å². The number of hydrogen-bond donors (Lipinski definition) is 1. The first-order valence-corrected chi connectivity index (χ1v) is 5.77. The highest BCUT2D eigenvalue weighted by Gasteiger charge is 2.42. The van der Waals surface area contributed by atoms with Crippen LogP contribution < -0.4 is 0 Å². The van der Waals surface area contributed by atoms with E-state index in [1.165, 1.54) is 12.0 Å². The maximum absolute atomic E-state index is 12.7. The summed E-state index contributed by atoms with van der Waals surface area (Å²) >= 11 is 2.80. The van der Waals surface area contributed by atoms with Crippen molar-refractivity contribution in [2.45, 2.75) is 12.3 Å². The third-order valence-corrected chi connectivity index (χ3v) is 3.01. The van der Waals surface area contributed by atoms with Crippen molar-refractivity contribution >= 4 is 21.8 Å². The number of nitrogens with zero attached hydrogens (tertiary/aromatic N) is 2. The molecule has 5 nitrogen and oxygen atoms in total. The van der Waals surface area contributed by atoms with Gasteiger partial charge in [-0.1, -0.05) is 0 Å². The van der Waals surface area contributed by atoms with E-state index in [1.54, 1.807) is 0 Å². The molecule has 1 aromatic heterocycles. The van der Waals surface area contributed by atoms with Gasteiger partial charge in [0.05, 0.1) is 6.10 Å². The van der Waals surface area contributed by atoms with Gasteiger partial charge in [0.1, 0.15) is 0 Å². The van der Waals surface area contributed by atoms with Crippen LogP contribution in [0.25, 0.3) is 0 Å². The van der Waals surface area contributed by atoms with Gasteiger partial charge in [0.25, 0.3) is 5.91 Å². The second-order valence-electron chi connectivity index (χ2n) is 3.82. The molecule has 1 aliphatic heterocycles. The number of H-pyrrole nitrogens is 1. The fourth-order valence-electron chi connectivity index (χ4n) is 1.61. The number of rotatable bonds is 2. The van der Waals surface area contributed by atoms with Crippen molar-refractivity contribution in [3.63, 3.8) is 0 Å². The first-order valence-electron chi connectivity index (χ1n) is 4.97. The van der Waals surface area contributed by atoms with Gasteiger partial charge in [-0.05, 0) is 15.9 Å². The molecule has 18 heavy (non-hydrogen) atoms. The summed E-state index contributed by atoms with van der Waals surface area (Å²) in [6, 6.07) is 0. The second kappa shape index (κ2) is 4.54. The fraction of sp³-hybridized carbons (Fsp3) is 0.556. The maximum atomic E-state index is 12.7. The largest absolute Gasteiger partial charge is 0.433 e. The molecule has 1 amide bonds. The van der Waals surface area contributed by atoms with E-state index in [-0.39, 0.29) is 23.9 Å². The van der Waals surface area contributed by atoms with Gasteiger partial charge < -0.3 is 14.6 Å². The van der Waals surface area contributed by atoms with Gasteiger partial charge in [-0.15, -0.1) is 0 Å². The molecule has 100 valence electrons. The van der Waals surface area contributed by atoms with Crippen LogP contribution in [-0.4, -0.2) is 47.1 Å². The van der Waals surface area contributed by atoms with Gasteiger partial charge in [0.2, 0.25) is 0 Å². The van der Waals surface area contributed by atoms with Crippen LogP contribution in [0.5, 0.6) is 0 Å². The number of nitrogens with one attached hydrogen (secondary N) is 1. The van der Waals surface area contributed by atoms with Crippen LogP contribution in [0.3, 0.4) is 0 Å². The predicted molar refractivity (Wildman–Crippen MR) is 58.0 cm³/mol. The Balaban J connectivity index is 2.21. The molecule has 1 saturated heterocycles. The summed E-state index contributed by atoms with van der Waals surface area (Å²) in [6.07, 6.45) is -4.76. The van der Waals surface area contributed by atoms with Gasteiger partial charge in [-0.3, -0.25) is 4.79 Å². The molecule has 0 atom stereocenters. The predicted octanol–water partition coefficient (Wildman–Crippen LogP) is 1.66. The van der Waals surface area contributed by atoms with Crippen molar-refractivity contribution < 1.29 is 22.7 Å². The summed E-state index contributed by atoms with van der Waals surface area (Å²) in [7, 11) is 1.48. The van der Waals surface area contributed by atoms with Crippen LogP contribution in [0.2, 0.25) is 0 Å². The summed E-state index contributed by atoms with van der Waals surface area (Å²) in [5.74, 6) is -0.752. The molecular weight excluding hydrogens is 319 g/mol. The Morgan fingerprint density at radius 3 is 2.67 bits per heavy atom. The Morgan fingerprint density at radius 1 is 1.56 bits per heavy atom. The van der Waals surface area contributed by atoms with Crippen LogP contribution >= 0.6 is 15.9 Å². The lowest BCUT2D eigenvalue weighted by Gasteiger charge is -2.37. The van der Waals surface area contributed by atoms with Gasteiger partial charge >= 0.3 is 6.18 Å². The molecule has 0 saturated carbocycles. The summed E-state index contributed by atoms with van der Waals surface area (Å²) in [5, 5.41) is 0. The van der Waals surface area contributed by atoms with Crippen LogP contribution in [0, 0.1) is 0 Å². The van der Waals surface area contributed by atoms with E-state index in [9.17, 15) is 18.0 Å². The average molecular weight is 328 g/mol. The SMILES string of the molecule is COC1CN(C(=O)c2nc(Br)[nH]c2C(F)(F)F)C1. The molecule has 1 fully saturated rings. The lowest BCUT2D eigenvalue weighted by molar-refractivity contribution is -0.141. The number of carbonyl (C=O) groups is 1.